The minimum atomic E-state index is -2.29. The standard InChI is InChI=1S/C13H12ClNO7/c1-6(16)9(12(17)18)10(11(13(19)20)15(21)22)7-3-2-4-8(14)5-7/h2-5,9-11H,1H3,(H,17,18)(H,19,20). The van der Waals surface area contributed by atoms with Crippen molar-refractivity contribution in [2.75, 3.05) is 0 Å². The van der Waals surface area contributed by atoms with Gasteiger partial charge in [-0.2, -0.15) is 0 Å². The van der Waals surface area contributed by atoms with Crippen LogP contribution in [0.15, 0.2) is 24.3 Å². The number of hydrogen-bond acceptors (Lipinski definition) is 5. The SMILES string of the molecule is CC(=O)C(C(=O)O)C(c1cccc(Cl)c1)C(C(=O)O)[N+](=O)[O-]. The predicted molar refractivity (Wildman–Crippen MR) is 74.4 cm³/mol. The number of aliphatic carboxylic acids is 2. The molecule has 0 saturated carbocycles. The number of benzene rings is 1. The maximum absolute atomic E-state index is 11.6. The van der Waals surface area contributed by atoms with Crippen LogP contribution in [0.25, 0.3) is 0 Å². The van der Waals surface area contributed by atoms with Crippen molar-refractivity contribution in [3.05, 3.63) is 45.0 Å². The molecule has 0 bridgehead atoms. The molecule has 0 fully saturated rings. The van der Waals surface area contributed by atoms with Crippen molar-refractivity contribution in [1.29, 1.82) is 0 Å². The monoisotopic (exact) mass is 329 g/mol. The summed E-state index contributed by atoms with van der Waals surface area (Å²) in [5.41, 5.74) is -0.000741. The minimum absolute atomic E-state index is 0.000741. The van der Waals surface area contributed by atoms with E-state index in [4.69, 9.17) is 16.7 Å². The molecule has 8 nitrogen and oxygen atoms in total. The molecule has 0 saturated heterocycles. The Bertz CT molecular complexity index is 571. The van der Waals surface area contributed by atoms with E-state index in [1.54, 1.807) is 0 Å². The third-order valence-electron chi connectivity index (χ3n) is 3.12. The Kier molecular flexibility index (Phi) is 5.58. The van der Waals surface area contributed by atoms with Crippen molar-refractivity contribution in [1.82, 2.24) is 0 Å². The number of hydrogen-bond donors (Lipinski definition) is 2. The zero-order valence-electron chi connectivity index (χ0n) is 11.3. The second-order valence-corrected chi connectivity index (χ2v) is 5.01. The van der Waals surface area contributed by atoms with Crippen LogP contribution in [0.1, 0.15) is 18.4 Å². The fourth-order valence-electron chi connectivity index (χ4n) is 2.23. The molecule has 0 aromatic heterocycles. The number of carboxylic acids is 2. The first kappa shape index (κ1) is 17.6. The zero-order chi connectivity index (χ0) is 17.0. The fourth-order valence-corrected chi connectivity index (χ4v) is 2.42. The van der Waals surface area contributed by atoms with Gasteiger partial charge in [-0.25, -0.2) is 4.79 Å². The molecule has 0 aliphatic carbocycles. The summed E-state index contributed by atoms with van der Waals surface area (Å²) in [7, 11) is 0. The molecule has 22 heavy (non-hydrogen) atoms. The smallest absolute Gasteiger partial charge is 0.379 e. The number of nitrogens with zero attached hydrogens (tertiary/aromatic N) is 1. The number of carbonyl (C=O) groups is 3. The Morgan fingerprint density at radius 1 is 1.23 bits per heavy atom. The Hall–Kier alpha value is -2.48. The average molecular weight is 330 g/mol. The molecule has 0 radical (unpaired) electrons. The predicted octanol–water partition coefficient (Wildman–Crippen LogP) is 1.44. The van der Waals surface area contributed by atoms with E-state index in [2.05, 4.69) is 0 Å². The van der Waals surface area contributed by atoms with Crippen molar-refractivity contribution in [3.8, 4) is 0 Å². The lowest BCUT2D eigenvalue weighted by Gasteiger charge is -2.23. The molecule has 0 heterocycles. The van der Waals surface area contributed by atoms with E-state index in [9.17, 15) is 29.6 Å². The number of carbonyl (C=O) groups excluding carboxylic acids is 1. The highest BCUT2D eigenvalue weighted by Crippen LogP contribution is 2.32. The normalized spacial score (nSPS) is 14.6. The number of nitro groups is 1. The molecule has 3 unspecified atom stereocenters. The van der Waals surface area contributed by atoms with E-state index < -0.39 is 40.5 Å². The summed E-state index contributed by atoms with van der Waals surface area (Å²) in [6, 6.07) is 3.05. The number of rotatable bonds is 7. The topological polar surface area (TPSA) is 135 Å². The van der Waals surface area contributed by atoms with Crippen LogP contribution in [0.5, 0.6) is 0 Å². The van der Waals surface area contributed by atoms with E-state index in [-0.39, 0.29) is 10.6 Å². The van der Waals surface area contributed by atoms with Gasteiger partial charge in [-0.15, -0.1) is 0 Å². The highest BCUT2D eigenvalue weighted by Gasteiger charge is 2.49. The summed E-state index contributed by atoms with van der Waals surface area (Å²) in [4.78, 5) is 44.1. The van der Waals surface area contributed by atoms with Gasteiger partial charge in [-0.3, -0.25) is 19.7 Å². The van der Waals surface area contributed by atoms with Gasteiger partial charge < -0.3 is 10.2 Å². The van der Waals surface area contributed by atoms with Crippen LogP contribution >= 0.6 is 11.6 Å². The molecule has 2 N–H and O–H groups in total. The van der Waals surface area contributed by atoms with Gasteiger partial charge in [0, 0.05) is 9.95 Å². The van der Waals surface area contributed by atoms with Crippen LogP contribution in [0.3, 0.4) is 0 Å². The molecule has 0 spiro atoms. The summed E-state index contributed by atoms with van der Waals surface area (Å²) >= 11 is 5.77. The lowest BCUT2D eigenvalue weighted by molar-refractivity contribution is -0.515. The van der Waals surface area contributed by atoms with Gasteiger partial charge in [-0.05, 0) is 24.6 Å². The maximum atomic E-state index is 11.6. The largest absolute Gasteiger partial charge is 0.481 e. The molecule has 1 rings (SSSR count). The minimum Gasteiger partial charge on any atom is -0.481 e. The van der Waals surface area contributed by atoms with Gasteiger partial charge in [-0.1, -0.05) is 23.7 Å². The van der Waals surface area contributed by atoms with Crippen LogP contribution in [-0.2, 0) is 14.4 Å². The summed E-state index contributed by atoms with van der Waals surface area (Å²) in [6.07, 6.45) is 0. The third-order valence-corrected chi connectivity index (χ3v) is 3.35. The molecule has 0 amide bonds. The average Bonchev–Trinajstić information content (AvgIpc) is 2.35. The number of ketones is 1. The van der Waals surface area contributed by atoms with Gasteiger partial charge in [0.2, 0.25) is 0 Å². The number of Topliss-reactive ketones (excluding diaryl/α,β-unsaturated/α-hetero) is 1. The van der Waals surface area contributed by atoms with Gasteiger partial charge in [0.05, 0.1) is 5.92 Å². The Morgan fingerprint density at radius 2 is 1.82 bits per heavy atom. The fraction of sp³-hybridized carbons (Fsp3) is 0.308. The van der Waals surface area contributed by atoms with Crippen molar-refractivity contribution >= 4 is 29.3 Å². The number of halogens is 1. The van der Waals surface area contributed by atoms with Gasteiger partial charge >= 0.3 is 18.0 Å². The Morgan fingerprint density at radius 3 is 2.18 bits per heavy atom. The maximum Gasteiger partial charge on any atom is 0.379 e. The first-order chi connectivity index (χ1) is 10.2. The van der Waals surface area contributed by atoms with Crippen molar-refractivity contribution in [2.24, 2.45) is 5.92 Å². The summed E-state index contributed by atoms with van der Waals surface area (Å²) < 4.78 is 0. The molecule has 0 aliphatic heterocycles. The summed E-state index contributed by atoms with van der Waals surface area (Å²) in [5.74, 6) is -7.90. The van der Waals surface area contributed by atoms with E-state index in [1.165, 1.54) is 24.3 Å². The van der Waals surface area contributed by atoms with Gasteiger partial charge in [0.1, 0.15) is 11.7 Å². The molecular weight excluding hydrogens is 318 g/mol. The lowest BCUT2D eigenvalue weighted by Crippen LogP contribution is -2.43. The molecular formula is C13H12ClNO7. The molecule has 3 atom stereocenters. The van der Waals surface area contributed by atoms with E-state index >= 15 is 0 Å². The Balaban J connectivity index is 3.56. The Labute approximate surface area is 129 Å². The van der Waals surface area contributed by atoms with E-state index in [1.807, 2.05) is 0 Å². The molecule has 1 aromatic rings. The molecule has 9 heteroatoms. The van der Waals surface area contributed by atoms with Crippen LogP contribution in [0.4, 0.5) is 0 Å². The summed E-state index contributed by atoms with van der Waals surface area (Å²) in [6.45, 7) is 0.940. The lowest BCUT2D eigenvalue weighted by atomic mass is 9.78. The van der Waals surface area contributed by atoms with Crippen LogP contribution in [0, 0.1) is 16.0 Å². The third kappa shape index (κ3) is 3.79. The molecule has 0 aliphatic rings. The second-order valence-electron chi connectivity index (χ2n) is 4.58. The highest BCUT2D eigenvalue weighted by atomic mass is 35.5. The zero-order valence-corrected chi connectivity index (χ0v) is 12.1. The van der Waals surface area contributed by atoms with Crippen molar-refractivity contribution < 1.29 is 29.5 Å². The van der Waals surface area contributed by atoms with Crippen LogP contribution in [-0.4, -0.2) is 38.9 Å². The molecule has 1 aromatic carbocycles. The van der Waals surface area contributed by atoms with Gasteiger partial charge in [0.15, 0.2) is 0 Å². The first-order valence-electron chi connectivity index (χ1n) is 6.01. The number of carboxylic acid groups (broad SMARTS) is 2. The van der Waals surface area contributed by atoms with E-state index in [0.717, 1.165) is 6.92 Å². The molecule has 118 valence electrons. The van der Waals surface area contributed by atoms with Crippen LogP contribution < -0.4 is 0 Å². The van der Waals surface area contributed by atoms with Gasteiger partial charge in [0.25, 0.3) is 0 Å². The highest BCUT2D eigenvalue weighted by molar-refractivity contribution is 6.30. The van der Waals surface area contributed by atoms with Crippen molar-refractivity contribution in [2.45, 2.75) is 18.9 Å². The van der Waals surface area contributed by atoms with Crippen LogP contribution in [0.2, 0.25) is 5.02 Å². The quantitative estimate of drug-likeness (QED) is 0.439. The second kappa shape index (κ2) is 6.99. The first-order valence-corrected chi connectivity index (χ1v) is 6.39. The summed E-state index contributed by atoms with van der Waals surface area (Å²) in [5, 5.41) is 29.5. The van der Waals surface area contributed by atoms with E-state index in [0.29, 0.717) is 0 Å². The van der Waals surface area contributed by atoms with Crippen molar-refractivity contribution in [3.63, 3.8) is 0 Å².